The molecule has 5 aromatic rings. The molecule has 0 aromatic heterocycles. The first-order valence-electron chi connectivity index (χ1n) is 16.2. The highest BCUT2D eigenvalue weighted by Gasteiger charge is 2.44. The fourth-order valence-electron chi connectivity index (χ4n) is 6.51. The maximum Gasteiger partial charge on any atom is 0.343 e. The van der Waals surface area contributed by atoms with Crippen molar-refractivity contribution in [2.75, 3.05) is 27.4 Å². The summed E-state index contributed by atoms with van der Waals surface area (Å²) in [7, 11) is 3.26. The van der Waals surface area contributed by atoms with Crippen LogP contribution >= 0.6 is 0 Å². The number of hydrogen-bond donors (Lipinski definition) is 1. The van der Waals surface area contributed by atoms with E-state index in [-0.39, 0.29) is 25.5 Å². The standard InChI is InChI=1S/C41H39NO7/c1-46-37-19-11-9-17-35(37)41(31-15-7-4-8-16-31,36-18-10-12-20-38(36)47-2)48-28-32-26-33(43)27-42(32)39(44)25-29-21-23-34(24-22-29)49-40(45)30-13-5-3-6-14-30/h3-24,32-33,43H,25-28H2,1-2H3. The number of carbonyl (C=O) groups excluding carboxylic acids is 2. The SMILES string of the molecule is COc1ccccc1C(OCC1CC(O)CN1C(=O)Cc1ccc(OC(=O)c2ccccc2)cc1)(c1ccccc1)c1ccccc1OC. The number of methoxy groups -OCH3 is 2. The van der Waals surface area contributed by atoms with Gasteiger partial charge >= 0.3 is 5.97 Å². The molecule has 6 rings (SSSR count). The topological polar surface area (TPSA) is 94.5 Å². The van der Waals surface area contributed by atoms with Crippen molar-refractivity contribution in [3.05, 3.63) is 161 Å². The lowest BCUT2D eigenvalue weighted by atomic mass is 9.79. The summed E-state index contributed by atoms with van der Waals surface area (Å²) in [4.78, 5) is 28.0. The summed E-state index contributed by atoms with van der Waals surface area (Å²) >= 11 is 0. The first-order valence-corrected chi connectivity index (χ1v) is 16.2. The van der Waals surface area contributed by atoms with E-state index in [1.807, 2.05) is 84.9 Å². The molecule has 250 valence electrons. The van der Waals surface area contributed by atoms with Gasteiger partial charge in [-0.3, -0.25) is 4.79 Å². The Hall–Kier alpha value is -5.44. The van der Waals surface area contributed by atoms with Gasteiger partial charge in [-0.25, -0.2) is 4.79 Å². The molecule has 8 heteroatoms. The highest BCUT2D eigenvalue weighted by Crippen LogP contribution is 2.47. The molecule has 1 heterocycles. The second-order valence-electron chi connectivity index (χ2n) is 11.9. The summed E-state index contributed by atoms with van der Waals surface area (Å²) in [6.45, 7) is 0.323. The lowest BCUT2D eigenvalue weighted by molar-refractivity contribution is -0.133. The normalized spacial score (nSPS) is 15.9. The quantitative estimate of drug-likeness (QED) is 0.0938. The van der Waals surface area contributed by atoms with Gasteiger partial charge < -0.3 is 29.0 Å². The summed E-state index contributed by atoms with van der Waals surface area (Å²) < 4.78 is 24.4. The van der Waals surface area contributed by atoms with E-state index in [1.54, 1.807) is 67.7 Å². The van der Waals surface area contributed by atoms with Crippen LogP contribution in [0, 0.1) is 0 Å². The molecule has 1 amide bonds. The van der Waals surface area contributed by atoms with Gasteiger partial charge in [-0.2, -0.15) is 0 Å². The number of aliphatic hydroxyl groups is 1. The average molecular weight is 658 g/mol. The summed E-state index contributed by atoms with van der Waals surface area (Å²) in [5.74, 6) is 1.06. The largest absolute Gasteiger partial charge is 0.496 e. The third kappa shape index (κ3) is 7.21. The van der Waals surface area contributed by atoms with Crippen LogP contribution in [0.4, 0.5) is 0 Å². The van der Waals surface area contributed by atoms with Crippen LogP contribution in [0.25, 0.3) is 0 Å². The number of likely N-dealkylation sites (tertiary alicyclic amines) is 1. The molecule has 0 radical (unpaired) electrons. The molecule has 2 atom stereocenters. The Labute approximate surface area is 286 Å². The molecule has 0 spiro atoms. The Balaban J connectivity index is 1.27. The van der Waals surface area contributed by atoms with Crippen LogP contribution in [0.3, 0.4) is 0 Å². The molecule has 1 aliphatic heterocycles. The lowest BCUT2D eigenvalue weighted by Crippen LogP contribution is -2.43. The van der Waals surface area contributed by atoms with Crippen molar-refractivity contribution in [1.82, 2.24) is 4.90 Å². The van der Waals surface area contributed by atoms with Gasteiger partial charge in [0.25, 0.3) is 0 Å². The van der Waals surface area contributed by atoms with Crippen LogP contribution in [0.1, 0.15) is 39.0 Å². The highest BCUT2D eigenvalue weighted by molar-refractivity contribution is 5.91. The molecule has 1 aliphatic rings. The Morgan fingerprint density at radius 2 is 1.29 bits per heavy atom. The minimum Gasteiger partial charge on any atom is -0.496 e. The Bertz CT molecular complexity index is 1810. The highest BCUT2D eigenvalue weighted by atomic mass is 16.5. The number of para-hydroxylation sites is 2. The fourth-order valence-corrected chi connectivity index (χ4v) is 6.51. The number of β-amino-alcohol motifs (C(OH)–C–C–N with tert-alkyl or cyclic N) is 1. The van der Waals surface area contributed by atoms with Crippen molar-refractivity contribution in [3.63, 3.8) is 0 Å². The third-order valence-corrected chi connectivity index (χ3v) is 8.86. The molecular formula is C41H39NO7. The Morgan fingerprint density at radius 3 is 1.88 bits per heavy atom. The summed E-state index contributed by atoms with van der Waals surface area (Å²) in [5, 5.41) is 10.8. The van der Waals surface area contributed by atoms with E-state index >= 15 is 0 Å². The van der Waals surface area contributed by atoms with Crippen molar-refractivity contribution in [2.45, 2.75) is 30.6 Å². The monoisotopic (exact) mass is 657 g/mol. The number of nitrogens with zero attached hydrogens (tertiary/aromatic N) is 1. The molecular weight excluding hydrogens is 618 g/mol. The second-order valence-corrected chi connectivity index (χ2v) is 11.9. The number of amides is 1. The molecule has 1 N–H and O–H groups in total. The molecule has 0 saturated carbocycles. The van der Waals surface area contributed by atoms with Crippen LogP contribution in [0.15, 0.2) is 133 Å². The number of hydrogen-bond acceptors (Lipinski definition) is 7. The molecule has 0 aliphatic carbocycles. The number of ether oxygens (including phenoxy) is 4. The molecule has 1 fully saturated rings. The summed E-state index contributed by atoms with van der Waals surface area (Å²) in [6, 6.07) is 40.6. The van der Waals surface area contributed by atoms with E-state index in [0.717, 1.165) is 22.3 Å². The van der Waals surface area contributed by atoms with Gasteiger partial charge in [-0.1, -0.05) is 97.1 Å². The zero-order valence-corrected chi connectivity index (χ0v) is 27.5. The van der Waals surface area contributed by atoms with Crippen molar-refractivity contribution < 1.29 is 33.6 Å². The van der Waals surface area contributed by atoms with Crippen LogP contribution < -0.4 is 14.2 Å². The molecule has 2 unspecified atom stereocenters. The summed E-state index contributed by atoms with van der Waals surface area (Å²) in [5.41, 5.74) is 2.43. The molecule has 5 aromatic carbocycles. The van der Waals surface area contributed by atoms with Gasteiger partial charge in [0.2, 0.25) is 5.91 Å². The fraction of sp³-hybridized carbons (Fsp3) is 0.220. The van der Waals surface area contributed by atoms with Crippen molar-refractivity contribution in [2.24, 2.45) is 0 Å². The number of carbonyl (C=O) groups is 2. The first kappa shape index (κ1) is 33.5. The number of aliphatic hydroxyl groups excluding tert-OH is 1. The zero-order valence-electron chi connectivity index (χ0n) is 27.5. The van der Waals surface area contributed by atoms with E-state index in [4.69, 9.17) is 18.9 Å². The van der Waals surface area contributed by atoms with E-state index in [1.165, 1.54) is 0 Å². The lowest BCUT2D eigenvalue weighted by Gasteiger charge is -2.39. The van der Waals surface area contributed by atoms with Crippen molar-refractivity contribution in [1.29, 1.82) is 0 Å². The first-order chi connectivity index (χ1) is 23.9. The van der Waals surface area contributed by atoms with Gasteiger partial charge in [0.15, 0.2) is 5.60 Å². The number of esters is 1. The molecule has 49 heavy (non-hydrogen) atoms. The molecule has 1 saturated heterocycles. The maximum atomic E-state index is 13.8. The molecule has 0 bridgehead atoms. The maximum absolute atomic E-state index is 13.8. The van der Waals surface area contributed by atoms with Gasteiger partial charge in [0, 0.05) is 17.7 Å². The van der Waals surface area contributed by atoms with E-state index in [9.17, 15) is 14.7 Å². The van der Waals surface area contributed by atoms with Gasteiger partial charge in [0.1, 0.15) is 17.2 Å². The third-order valence-electron chi connectivity index (χ3n) is 8.86. The van der Waals surface area contributed by atoms with Crippen LogP contribution in [-0.4, -0.2) is 61.4 Å². The Kier molecular flexibility index (Phi) is 10.4. The minimum atomic E-state index is -1.18. The van der Waals surface area contributed by atoms with Crippen LogP contribution in [0.2, 0.25) is 0 Å². The van der Waals surface area contributed by atoms with Crippen molar-refractivity contribution in [3.8, 4) is 17.2 Å². The predicted molar refractivity (Wildman–Crippen MR) is 186 cm³/mol. The van der Waals surface area contributed by atoms with E-state index in [2.05, 4.69) is 0 Å². The summed E-state index contributed by atoms with van der Waals surface area (Å²) in [6.07, 6.45) is -0.220. The predicted octanol–water partition coefficient (Wildman–Crippen LogP) is 6.44. The molecule has 8 nitrogen and oxygen atoms in total. The number of rotatable bonds is 12. The minimum absolute atomic E-state index is 0.110. The zero-order chi connectivity index (χ0) is 34.2. The van der Waals surface area contributed by atoms with Crippen LogP contribution in [0.5, 0.6) is 17.2 Å². The van der Waals surface area contributed by atoms with E-state index in [0.29, 0.717) is 29.2 Å². The van der Waals surface area contributed by atoms with Gasteiger partial charge in [0.05, 0.1) is 45.0 Å². The van der Waals surface area contributed by atoms with Crippen molar-refractivity contribution >= 4 is 11.9 Å². The van der Waals surface area contributed by atoms with Gasteiger partial charge in [-0.15, -0.1) is 0 Å². The Morgan fingerprint density at radius 1 is 0.735 bits per heavy atom. The smallest absolute Gasteiger partial charge is 0.343 e. The number of benzene rings is 5. The van der Waals surface area contributed by atoms with Crippen LogP contribution in [-0.2, 0) is 21.6 Å². The average Bonchev–Trinajstić information content (AvgIpc) is 3.54. The second kappa shape index (κ2) is 15.2. The van der Waals surface area contributed by atoms with E-state index < -0.39 is 23.7 Å². The van der Waals surface area contributed by atoms with Gasteiger partial charge in [-0.05, 0) is 53.9 Å².